The number of aromatic nitrogens is 2. The Kier molecular flexibility index (Phi) is 6.58. The molecule has 0 saturated carbocycles. The fourth-order valence-electron chi connectivity index (χ4n) is 2.98. The van der Waals surface area contributed by atoms with Gasteiger partial charge in [-0.2, -0.15) is 0 Å². The summed E-state index contributed by atoms with van der Waals surface area (Å²) in [6.45, 7) is 7.67. The topological polar surface area (TPSA) is 81.6 Å². The molecular formula is C16H27N5O2. The van der Waals surface area contributed by atoms with Crippen LogP contribution in [0.25, 0.3) is 0 Å². The highest BCUT2D eigenvalue weighted by Crippen LogP contribution is 2.24. The number of piperidine rings is 1. The molecule has 1 unspecified atom stereocenters. The number of carbonyl (C=O) groups excluding carboxylic acids is 1. The van der Waals surface area contributed by atoms with Gasteiger partial charge in [0, 0.05) is 38.8 Å². The molecule has 1 amide bonds. The molecular weight excluding hydrogens is 294 g/mol. The van der Waals surface area contributed by atoms with E-state index >= 15 is 0 Å². The number of aliphatic hydroxyl groups is 1. The fourth-order valence-corrected chi connectivity index (χ4v) is 2.98. The Hall–Kier alpha value is -1.89. The van der Waals surface area contributed by atoms with E-state index in [4.69, 9.17) is 5.11 Å². The molecule has 2 rings (SSSR count). The molecule has 0 aromatic carbocycles. The SMILES string of the molecule is CCN(CC)C(=O)C1CCCN(c2cc(NCCO)ncn2)C1. The molecule has 7 nitrogen and oxygen atoms in total. The van der Waals surface area contributed by atoms with Crippen LogP contribution in [0.3, 0.4) is 0 Å². The van der Waals surface area contributed by atoms with Gasteiger partial charge >= 0.3 is 0 Å². The van der Waals surface area contributed by atoms with Crippen LogP contribution >= 0.6 is 0 Å². The van der Waals surface area contributed by atoms with Crippen molar-refractivity contribution in [1.82, 2.24) is 14.9 Å². The van der Waals surface area contributed by atoms with Crippen molar-refractivity contribution in [3.05, 3.63) is 12.4 Å². The number of hydrogen-bond donors (Lipinski definition) is 2. The maximum atomic E-state index is 12.6. The third-order valence-corrected chi connectivity index (χ3v) is 4.24. The van der Waals surface area contributed by atoms with Crippen LogP contribution in [0.15, 0.2) is 12.4 Å². The number of nitrogens with zero attached hydrogens (tertiary/aromatic N) is 4. The maximum absolute atomic E-state index is 12.6. The summed E-state index contributed by atoms with van der Waals surface area (Å²) in [6, 6.07) is 1.87. The number of nitrogens with one attached hydrogen (secondary N) is 1. The molecule has 7 heteroatoms. The van der Waals surface area contributed by atoms with Gasteiger partial charge in [0.05, 0.1) is 12.5 Å². The third-order valence-electron chi connectivity index (χ3n) is 4.24. The van der Waals surface area contributed by atoms with Gasteiger partial charge in [-0.1, -0.05) is 0 Å². The monoisotopic (exact) mass is 321 g/mol. The van der Waals surface area contributed by atoms with E-state index in [1.807, 2.05) is 24.8 Å². The molecule has 1 saturated heterocycles. The maximum Gasteiger partial charge on any atom is 0.227 e. The van der Waals surface area contributed by atoms with E-state index in [9.17, 15) is 4.79 Å². The number of aliphatic hydroxyl groups excluding tert-OH is 1. The second kappa shape index (κ2) is 8.67. The van der Waals surface area contributed by atoms with Crippen LogP contribution in [0, 0.1) is 5.92 Å². The zero-order chi connectivity index (χ0) is 16.7. The molecule has 2 N–H and O–H groups in total. The van der Waals surface area contributed by atoms with Gasteiger partial charge in [-0.25, -0.2) is 9.97 Å². The van der Waals surface area contributed by atoms with Crippen LogP contribution in [-0.2, 0) is 4.79 Å². The molecule has 1 fully saturated rings. The lowest BCUT2D eigenvalue weighted by Crippen LogP contribution is -2.45. The van der Waals surface area contributed by atoms with Crippen molar-refractivity contribution < 1.29 is 9.90 Å². The predicted octanol–water partition coefficient (Wildman–Crippen LogP) is 0.966. The van der Waals surface area contributed by atoms with Gasteiger partial charge in [0.1, 0.15) is 18.0 Å². The molecule has 1 atom stereocenters. The lowest BCUT2D eigenvalue weighted by atomic mass is 9.96. The minimum absolute atomic E-state index is 0.0347. The van der Waals surface area contributed by atoms with Gasteiger partial charge in [-0.3, -0.25) is 4.79 Å². The first kappa shape index (κ1) is 17.5. The highest BCUT2D eigenvalue weighted by Gasteiger charge is 2.29. The normalized spacial score (nSPS) is 17.9. The van der Waals surface area contributed by atoms with Crippen LogP contribution in [0.5, 0.6) is 0 Å². The van der Waals surface area contributed by atoms with E-state index in [1.165, 1.54) is 6.33 Å². The average Bonchev–Trinajstić information content (AvgIpc) is 2.61. The number of anilines is 2. The Balaban J connectivity index is 2.04. The average molecular weight is 321 g/mol. The predicted molar refractivity (Wildman–Crippen MR) is 90.5 cm³/mol. The molecule has 1 aromatic heterocycles. The number of carbonyl (C=O) groups is 1. The van der Waals surface area contributed by atoms with Crippen molar-refractivity contribution in [1.29, 1.82) is 0 Å². The van der Waals surface area contributed by atoms with Gasteiger partial charge in [-0.05, 0) is 26.7 Å². The molecule has 0 spiro atoms. The lowest BCUT2D eigenvalue weighted by Gasteiger charge is -2.35. The second-order valence-electron chi connectivity index (χ2n) is 5.71. The van der Waals surface area contributed by atoms with E-state index in [2.05, 4.69) is 20.2 Å². The zero-order valence-electron chi connectivity index (χ0n) is 14.0. The second-order valence-corrected chi connectivity index (χ2v) is 5.71. The van der Waals surface area contributed by atoms with Crippen LogP contribution in [0.4, 0.5) is 11.6 Å². The van der Waals surface area contributed by atoms with E-state index in [0.29, 0.717) is 18.9 Å². The van der Waals surface area contributed by atoms with Crippen LogP contribution in [-0.4, -0.2) is 65.2 Å². The third kappa shape index (κ3) is 4.54. The van der Waals surface area contributed by atoms with Crippen LogP contribution in [0.1, 0.15) is 26.7 Å². The number of rotatable bonds is 7. The zero-order valence-corrected chi connectivity index (χ0v) is 14.0. The lowest BCUT2D eigenvalue weighted by molar-refractivity contribution is -0.135. The minimum atomic E-state index is 0.0347. The van der Waals surface area contributed by atoms with Crippen molar-refractivity contribution in [2.24, 2.45) is 5.92 Å². The Morgan fingerprint density at radius 2 is 2.22 bits per heavy atom. The summed E-state index contributed by atoms with van der Waals surface area (Å²) < 4.78 is 0. The van der Waals surface area contributed by atoms with Crippen molar-refractivity contribution in [3.63, 3.8) is 0 Å². The molecule has 1 aromatic rings. The molecule has 2 heterocycles. The summed E-state index contributed by atoms with van der Waals surface area (Å²) in [7, 11) is 0. The Morgan fingerprint density at radius 3 is 2.91 bits per heavy atom. The van der Waals surface area contributed by atoms with E-state index < -0.39 is 0 Å². The molecule has 23 heavy (non-hydrogen) atoms. The van der Waals surface area contributed by atoms with E-state index in [1.54, 1.807) is 0 Å². The smallest absolute Gasteiger partial charge is 0.227 e. The fraction of sp³-hybridized carbons (Fsp3) is 0.688. The summed E-state index contributed by atoms with van der Waals surface area (Å²) in [4.78, 5) is 25.1. The van der Waals surface area contributed by atoms with Crippen molar-refractivity contribution in [2.45, 2.75) is 26.7 Å². The van der Waals surface area contributed by atoms with Gasteiger partial charge in [0.15, 0.2) is 0 Å². The van der Waals surface area contributed by atoms with Crippen LogP contribution in [0.2, 0.25) is 0 Å². The Morgan fingerprint density at radius 1 is 1.43 bits per heavy atom. The van der Waals surface area contributed by atoms with Crippen LogP contribution < -0.4 is 10.2 Å². The Bertz CT molecular complexity index is 507. The highest BCUT2D eigenvalue weighted by atomic mass is 16.3. The number of hydrogen-bond acceptors (Lipinski definition) is 6. The van der Waals surface area contributed by atoms with Gasteiger partial charge in [-0.15, -0.1) is 0 Å². The molecule has 128 valence electrons. The van der Waals surface area contributed by atoms with Crippen molar-refractivity contribution in [2.75, 3.05) is 49.5 Å². The first-order valence-electron chi connectivity index (χ1n) is 8.40. The summed E-state index contributed by atoms with van der Waals surface area (Å²) in [5.74, 6) is 1.80. The molecule has 0 radical (unpaired) electrons. The van der Waals surface area contributed by atoms with E-state index in [-0.39, 0.29) is 18.4 Å². The minimum Gasteiger partial charge on any atom is -0.395 e. The van der Waals surface area contributed by atoms with Gasteiger partial charge in [0.25, 0.3) is 0 Å². The number of amides is 1. The summed E-state index contributed by atoms with van der Waals surface area (Å²) in [6.07, 6.45) is 3.44. The summed E-state index contributed by atoms with van der Waals surface area (Å²) in [5.41, 5.74) is 0. The highest BCUT2D eigenvalue weighted by molar-refractivity contribution is 5.79. The van der Waals surface area contributed by atoms with Gasteiger partial charge < -0.3 is 20.2 Å². The van der Waals surface area contributed by atoms with E-state index in [0.717, 1.165) is 38.3 Å². The quantitative estimate of drug-likeness (QED) is 0.779. The first-order valence-corrected chi connectivity index (χ1v) is 8.40. The largest absolute Gasteiger partial charge is 0.395 e. The molecule has 0 bridgehead atoms. The first-order chi connectivity index (χ1) is 11.2. The molecule has 0 aliphatic carbocycles. The van der Waals surface area contributed by atoms with Crippen molar-refractivity contribution in [3.8, 4) is 0 Å². The van der Waals surface area contributed by atoms with Gasteiger partial charge in [0.2, 0.25) is 5.91 Å². The molecule has 1 aliphatic heterocycles. The Labute approximate surface area is 137 Å². The van der Waals surface area contributed by atoms with Crippen molar-refractivity contribution >= 4 is 17.5 Å². The molecule has 1 aliphatic rings. The summed E-state index contributed by atoms with van der Waals surface area (Å²) in [5, 5.41) is 11.9. The summed E-state index contributed by atoms with van der Waals surface area (Å²) >= 11 is 0. The standard InChI is InChI=1S/C16H27N5O2/c1-3-20(4-2)16(23)13-6-5-8-21(11-13)15-10-14(17-7-9-22)18-12-19-15/h10,12-13,22H,3-9,11H2,1-2H3,(H,17,18,19).